The van der Waals surface area contributed by atoms with Crippen molar-refractivity contribution in [3.63, 3.8) is 0 Å². The number of rotatable bonds is 4. The van der Waals surface area contributed by atoms with E-state index in [9.17, 15) is 4.79 Å². The summed E-state index contributed by atoms with van der Waals surface area (Å²) in [5.41, 5.74) is 2.45. The molecule has 0 saturated heterocycles. The van der Waals surface area contributed by atoms with Crippen LogP contribution >= 0.6 is 0 Å². The van der Waals surface area contributed by atoms with Crippen LogP contribution in [-0.2, 0) is 4.79 Å². The monoisotopic (exact) mass is 406 g/mol. The normalized spacial score (nSPS) is 14.7. The minimum absolute atomic E-state index is 0.423. The summed E-state index contributed by atoms with van der Waals surface area (Å²) >= 11 is 0. The summed E-state index contributed by atoms with van der Waals surface area (Å²) in [6.45, 7) is 2.00. The van der Waals surface area contributed by atoms with Gasteiger partial charge in [0, 0.05) is 17.2 Å². The van der Waals surface area contributed by atoms with Gasteiger partial charge in [0.05, 0.1) is 0 Å². The molecule has 0 atom stereocenters. The molecule has 3 heterocycles. The first-order valence-electron chi connectivity index (χ1n) is 9.52. The van der Waals surface area contributed by atoms with E-state index in [2.05, 4.69) is 0 Å². The molecule has 0 bridgehead atoms. The molecule has 3 aromatic rings. The second-order valence-electron chi connectivity index (χ2n) is 6.78. The molecule has 0 saturated carbocycles. The van der Waals surface area contributed by atoms with Crippen molar-refractivity contribution in [2.45, 2.75) is 0 Å². The van der Waals surface area contributed by atoms with Gasteiger partial charge in [0.2, 0.25) is 0 Å². The maximum Gasteiger partial charge on any atom is 0.328 e. The lowest BCUT2D eigenvalue weighted by atomic mass is 10.0. The van der Waals surface area contributed by atoms with Crippen molar-refractivity contribution >= 4 is 12.0 Å². The SMILES string of the molecule is O=C(O)/C=C/c1cc(-c2ccc3c(c2)OCCO3)c(-c2ccc3c(c2)OCCO3)o1. The third-order valence-corrected chi connectivity index (χ3v) is 4.80. The first-order chi connectivity index (χ1) is 14.7. The second kappa shape index (κ2) is 7.51. The molecule has 0 spiro atoms. The highest BCUT2D eigenvalue weighted by atomic mass is 16.6. The number of aliphatic carboxylic acids is 1. The van der Waals surface area contributed by atoms with Gasteiger partial charge in [-0.15, -0.1) is 0 Å². The van der Waals surface area contributed by atoms with Crippen molar-refractivity contribution in [1.82, 2.24) is 0 Å². The van der Waals surface area contributed by atoms with Crippen LogP contribution < -0.4 is 18.9 Å². The van der Waals surface area contributed by atoms with E-state index < -0.39 is 5.97 Å². The van der Waals surface area contributed by atoms with E-state index in [1.54, 1.807) is 6.07 Å². The number of carboxylic acids is 1. The Labute approximate surface area is 172 Å². The van der Waals surface area contributed by atoms with Gasteiger partial charge in [-0.05, 0) is 48.0 Å². The molecule has 2 aliphatic rings. The Balaban J connectivity index is 1.62. The molecule has 0 amide bonds. The Morgan fingerprint density at radius 3 is 1.97 bits per heavy atom. The van der Waals surface area contributed by atoms with Crippen molar-refractivity contribution in [2.24, 2.45) is 0 Å². The molecule has 0 radical (unpaired) electrons. The predicted octanol–water partition coefficient (Wildman–Crippen LogP) is 4.25. The summed E-state index contributed by atoms with van der Waals surface area (Å²) in [5, 5.41) is 8.96. The molecule has 2 aromatic carbocycles. The van der Waals surface area contributed by atoms with Crippen LogP contribution in [0, 0.1) is 0 Å². The Bertz CT molecular complexity index is 1070. The third-order valence-electron chi connectivity index (χ3n) is 4.80. The second-order valence-corrected chi connectivity index (χ2v) is 6.78. The molecule has 7 nitrogen and oxygen atoms in total. The summed E-state index contributed by atoms with van der Waals surface area (Å²) in [5.74, 6) is 2.65. The van der Waals surface area contributed by atoms with Crippen molar-refractivity contribution in [2.75, 3.05) is 26.4 Å². The van der Waals surface area contributed by atoms with Crippen LogP contribution in [0.5, 0.6) is 23.0 Å². The largest absolute Gasteiger partial charge is 0.486 e. The lowest BCUT2D eigenvalue weighted by Gasteiger charge is -2.19. The number of ether oxygens (including phenoxy) is 4. The zero-order valence-electron chi connectivity index (χ0n) is 15.9. The molecule has 5 rings (SSSR count). The number of furan rings is 1. The third kappa shape index (κ3) is 3.45. The highest BCUT2D eigenvalue weighted by molar-refractivity contribution is 5.87. The molecule has 7 heteroatoms. The number of carboxylic acid groups (broad SMARTS) is 1. The van der Waals surface area contributed by atoms with E-state index in [0.717, 1.165) is 22.8 Å². The first kappa shape index (κ1) is 18.2. The standard InChI is InChI=1S/C23H18O7/c24-22(25)6-3-16-13-17(14-1-4-18-20(11-14)28-9-7-26-18)23(30-16)15-2-5-19-21(12-15)29-10-8-27-19/h1-6,11-13H,7-10H2,(H,24,25)/b6-3+. The van der Waals surface area contributed by atoms with Crippen molar-refractivity contribution in [3.8, 4) is 45.4 Å². The van der Waals surface area contributed by atoms with Crippen molar-refractivity contribution in [1.29, 1.82) is 0 Å². The average molecular weight is 406 g/mol. The van der Waals surface area contributed by atoms with Gasteiger partial charge in [0.15, 0.2) is 23.0 Å². The van der Waals surface area contributed by atoms with Crippen LogP contribution in [0.25, 0.3) is 28.5 Å². The maximum absolute atomic E-state index is 10.9. The van der Waals surface area contributed by atoms with Crippen LogP contribution in [0.3, 0.4) is 0 Å². The molecular weight excluding hydrogens is 388 g/mol. The summed E-state index contributed by atoms with van der Waals surface area (Å²) in [6, 6.07) is 13.1. The number of carbonyl (C=O) groups is 1. The van der Waals surface area contributed by atoms with Gasteiger partial charge in [0.1, 0.15) is 37.9 Å². The smallest absolute Gasteiger partial charge is 0.328 e. The summed E-state index contributed by atoms with van der Waals surface area (Å²) in [6.07, 6.45) is 2.46. The molecule has 30 heavy (non-hydrogen) atoms. The number of hydrogen-bond donors (Lipinski definition) is 1. The van der Waals surface area contributed by atoms with Crippen LogP contribution in [0.2, 0.25) is 0 Å². The molecule has 0 fully saturated rings. The zero-order chi connectivity index (χ0) is 20.5. The van der Waals surface area contributed by atoms with Crippen LogP contribution in [-0.4, -0.2) is 37.5 Å². The summed E-state index contributed by atoms with van der Waals surface area (Å²) < 4.78 is 28.6. The number of fused-ring (bicyclic) bond motifs is 2. The summed E-state index contributed by atoms with van der Waals surface area (Å²) in [4.78, 5) is 10.9. The Hall–Kier alpha value is -3.87. The molecule has 1 aromatic heterocycles. The molecule has 0 aliphatic carbocycles. The molecule has 2 aliphatic heterocycles. The van der Waals surface area contributed by atoms with E-state index in [1.165, 1.54) is 6.08 Å². The average Bonchev–Trinajstić information content (AvgIpc) is 3.21. The highest BCUT2D eigenvalue weighted by Crippen LogP contribution is 2.42. The summed E-state index contributed by atoms with van der Waals surface area (Å²) in [7, 11) is 0. The molecular formula is C23H18O7. The van der Waals surface area contributed by atoms with E-state index in [4.69, 9.17) is 28.5 Å². The van der Waals surface area contributed by atoms with Gasteiger partial charge in [-0.3, -0.25) is 0 Å². The zero-order valence-corrected chi connectivity index (χ0v) is 15.9. The first-order valence-corrected chi connectivity index (χ1v) is 9.52. The van der Waals surface area contributed by atoms with Crippen molar-refractivity contribution in [3.05, 3.63) is 54.3 Å². The molecule has 152 valence electrons. The molecule has 1 N–H and O–H groups in total. The van der Waals surface area contributed by atoms with Crippen LogP contribution in [0.1, 0.15) is 5.76 Å². The van der Waals surface area contributed by atoms with Crippen LogP contribution in [0.4, 0.5) is 0 Å². The van der Waals surface area contributed by atoms with Gasteiger partial charge in [-0.1, -0.05) is 6.07 Å². The van der Waals surface area contributed by atoms with E-state index in [0.29, 0.717) is 60.9 Å². The van der Waals surface area contributed by atoms with Gasteiger partial charge < -0.3 is 28.5 Å². The quantitative estimate of drug-likeness (QED) is 0.648. The Morgan fingerprint density at radius 1 is 0.767 bits per heavy atom. The van der Waals surface area contributed by atoms with E-state index in [1.807, 2.05) is 36.4 Å². The number of benzene rings is 2. The fraction of sp³-hybridized carbons (Fsp3) is 0.174. The van der Waals surface area contributed by atoms with E-state index >= 15 is 0 Å². The van der Waals surface area contributed by atoms with Gasteiger partial charge >= 0.3 is 5.97 Å². The Morgan fingerprint density at radius 2 is 1.33 bits per heavy atom. The van der Waals surface area contributed by atoms with Gasteiger partial charge in [-0.25, -0.2) is 4.79 Å². The van der Waals surface area contributed by atoms with Gasteiger partial charge in [0.25, 0.3) is 0 Å². The lowest BCUT2D eigenvalue weighted by molar-refractivity contribution is -0.131. The number of hydrogen-bond acceptors (Lipinski definition) is 6. The minimum Gasteiger partial charge on any atom is -0.486 e. The van der Waals surface area contributed by atoms with Crippen LogP contribution in [0.15, 0.2) is 53.0 Å². The molecule has 0 unspecified atom stereocenters. The topological polar surface area (TPSA) is 87.4 Å². The van der Waals surface area contributed by atoms with Crippen molar-refractivity contribution < 1.29 is 33.3 Å². The predicted molar refractivity (Wildman–Crippen MR) is 108 cm³/mol. The lowest BCUT2D eigenvalue weighted by Crippen LogP contribution is -2.15. The maximum atomic E-state index is 10.9. The highest BCUT2D eigenvalue weighted by Gasteiger charge is 2.20. The van der Waals surface area contributed by atoms with Gasteiger partial charge in [-0.2, -0.15) is 0 Å². The Kier molecular flexibility index (Phi) is 4.55. The fourth-order valence-electron chi connectivity index (χ4n) is 3.47. The minimum atomic E-state index is -1.05. The van der Waals surface area contributed by atoms with E-state index in [-0.39, 0.29) is 0 Å². The fourth-order valence-corrected chi connectivity index (χ4v) is 3.47.